The number of imidazole rings is 1. The van der Waals surface area contributed by atoms with Crippen LogP contribution in [0.5, 0.6) is 0 Å². The fourth-order valence-corrected chi connectivity index (χ4v) is 2.29. The van der Waals surface area contributed by atoms with E-state index in [2.05, 4.69) is 20.2 Å². The number of carboxylic acids is 1. The Kier molecular flexibility index (Phi) is 3.69. The molecule has 0 unspecified atom stereocenters. The van der Waals surface area contributed by atoms with Crippen LogP contribution in [-0.2, 0) is 4.79 Å². The highest BCUT2D eigenvalue weighted by molar-refractivity contribution is 7.99. The monoisotopic (exact) mass is 301 g/mol. The molecule has 0 spiro atoms. The van der Waals surface area contributed by atoms with Crippen LogP contribution >= 0.6 is 11.8 Å². The number of aromatic nitrogens is 5. The Morgan fingerprint density at radius 2 is 2.14 bits per heavy atom. The molecule has 2 N–H and O–H groups in total. The number of nitrogens with zero attached hydrogens (tertiary/aromatic N) is 4. The zero-order chi connectivity index (χ0) is 14.7. The zero-order valence-electron chi connectivity index (χ0n) is 10.8. The van der Waals surface area contributed by atoms with E-state index >= 15 is 0 Å². The van der Waals surface area contributed by atoms with Gasteiger partial charge in [-0.3, -0.25) is 9.89 Å². The molecular formula is C13H11N5O2S. The lowest BCUT2D eigenvalue weighted by Crippen LogP contribution is -1.97. The highest BCUT2D eigenvalue weighted by Gasteiger charge is 2.08. The number of hydrogen-bond acceptors (Lipinski definition) is 5. The standard InChI is InChI=1S/C13H11N5O2S/c19-11(20)7-21-13-15-12(16-17-13)9-1-3-10(4-2-9)18-6-5-14-8-18/h1-6,8H,7H2,(H,19,20)(H,15,16,17). The van der Waals surface area contributed by atoms with Crippen LogP contribution in [0.25, 0.3) is 17.1 Å². The highest BCUT2D eigenvalue weighted by Crippen LogP contribution is 2.20. The third kappa shape index (κ3) is 3.11. The molecule has 21 heavy (non-hydrogen) atoms. The molecule has 0 saturated carbocycles. The highest BCUT2D eigenvalue weighted by atomic mass is 32.2. The summed E-state index contributed by atoms with van der Waals surface area (Å²) in [7, 11) is 0. The second-order valence-corrected chi connectivity index (χ2v) is 5.11. The van der Waals surface area contributed by atoms with Gasteiger partial charge in [-0.15, -0.1) is 5.10 Å². The number of aliphatic carboxylic acids is 1. The van der Waals surface area contributed by atoms with Gasteiger partial charge in [-0.2, -0.15) is 0 Å². The van der Waals surface area contributed by atoms with Gasteiger partial charge in [0.05, 0.1) is 12.1 Å². The number of hydrogen-bond donors (Lipinski definition) is 2. The quantitative estimate of drug-likeness (QED) is 0.698. The van der Waals surface area contributed by atoms with E-state index in [9.17, 15) is 4.79 Å². The summed E-state index contributed by atoms with van der Waals surface area (Å²) in [5.41, 5.74) is 1.88. The van der Waals surface area contributed by atoms with Crippen LogP contribution in [-0.4, -0.2) is 41.6 Å². The lowest BCUT2D eigenvalue weighted by molar-refractivity contribution is -0.133. The van der Waals surface area contributed by atoms with Gasteiger partial charge >= 0.3 is 5.97 Å². The molecule has 0 amide bonds. The minimum atomic E-state index is -0.893. The maximum Gasteiger partial charge on any atom is 0.313 e. The molecule has 7 nitrogen and oxygen atoms in total. The minimum Gasteiger partial charge on any atom is -0.481 e. The number of carboxylic acid groups (broad SMARTS) is 1. The average molecular weight is 301 g/mol. The van der Waals surface area contributed by atoms with Crippen LogP contribution < -0.4 is 0 Å². The number of thioether (sulfide) groups is 1. The van der Waals surface area contributed by atoms with Crippen molar-refractivity contribution in [3.05, 3.63) is 43.0 Å². The third-order valence-electron chi connectivity index (χ3n) is 2.73. The summed E-state index contributed by atoms with van der Waals surface area (Å²) < 4.78 is 1.90. The van der Waals surface area contributed by atoms with E-state index in [-0.39, 0.29) is 5.75 Å². The van der Waals surface area contributed by atoms with E-state index in [0.29, 0.717) is 11.0 Å². The van der Waals surface area contributed by atoms with Crippen molar-refractivity contribution in [2.45, 2.75) is 5.16 Å². The number of H-pyrrole nitrogens is 1. The van der Waals surface area contributed by atoms with Gasteiger partial charge in [0.1, 0.15) is 0 Å². The lowest BCUT2D eigenvalue weighted by Gasteiger charge is -2.02. The van der Waals surface area contributed by atoms with E-state index in [1.165, 1.54) is 0 Å². The molecule has 0 aliphatic carbocycles. The molecule has 0 saturated heterocycles. The second-order valence-electron chi connectivity index (χ2n) is 4.17. The number of aromatic amines is 1. The molecule has 0 atom stereocenters. The van der Waals surface area contributed by atoms with Crippen molar-refractivity contribution in [1.82, 2.24) is 24.7 Å². The fraction of sp³-hybridized carbons (Fsp3) is 0.0769. The SMILES string of the molecule is O=C(O)CSc1n[nH]c(-c2ccc(-n3ccnc3)cc2)n1. The van der Waals surface area contributed by atoms with Crippen LogP contribution in [0.3, 0.4) is 0 Å². The van der Waals surface area contributed by atoms with Crippen molar-refractivity contribution < 1.29 is 9.90 Å². The van der Waals surface area contributed by atoms with E-state index in [1.54, 1.807) is 12.5 Å². The summed E-state index contributed by atoms with van der Waals surface area (Å²) in [6.07, 6.45) is 5.31. The van der Waals surface area contributed by atoms with E-state index < -0.39 is 5.97 Å². The summed E-state index contributed by atoms with van der Waals surface area (Å²) in [5.74, 6) is -0.340. The predicted molar refractivity (Wildman–Crippen MR) is 77.3 cm³/mol. The number of nitrogens with one attached hydrogen (secondary N) is 1. The lowest BCUT2D eigenvalue weighted by atomic mass is 10.2. The van der Waals surface area contributed by atoms with Gasteiger partial charge in [0.15, 0.2) is 5.82 Å². The topological polar surface area (TPSA) is 96.7 Å². The fourth-order valence-electron chi connectivity index (χ4n) is 1.77. The minimum absolute atomic E-state index is 0.0587. The molecule has 3 rings (SSSR count). The van der Waals surface area contributed by atoms with Crippen LogP contribution in [0, 0.1) is 0 Å². The van der Waals surface area contributed by atoms with Gasteiger partial charge in [0.25, 0.3) is 0 Å². The Labute approximate surface area is 124 Å². The summed E-state index contributed by atoms with van der Waals surface area (Å²) in [6.45, 7) is 0. The average Bonchev–Trinajstić information content (AvgIpc) is 3.17. The summed E-state index contributed by atoms with van der Waals surface area (Å²) >= 11 is 1.08. The number of carbonyl (C=O) groups is 1. The summed E-state index contributed by atoms with van der Waals surface area (Å²) in [4.78, 5) is 18.8. The van der Waals surface area contributed by atoms with Crippen molar-refractivity contribution in [2.24, 2.45) is 0 Å². The molecule has 3 aromatic rings. The molecule has 2 heterocycles. The maximum absolute atomic E-state index is 10.5. The molecule has 0 radical (unpaired) electrons. The van der Waals surface area contributed by atoms with Crippen LogP contribution in [0.4, 0.5) is 0 Å². The molecule has 106 valence electrons. The Morgan fingerprint density at radius 1 is 1.33 bits per heavy atom. The zero-order valence-corrected chi connectivity index (χ0v) is 11.6. The van der Waals surface area contributed by atoms with E-state index in [4.69, 9.17) is 5.11 Å². The molecule has 0 aliphatic rings. The first-order chi connectivity index (χ1) is 10.2. The second kappa shape index (κ2) is 5.80. The van der Waals surface area contributed by atoms with Gasteiger partial charge in [-0.25, -0.2) is 9.97 Å². The first-order valence-corrected chi connectivity index (χ1v) is 7.07. The third-order valence-corrected chi connectivity index (χ3v) is 3.56. The van der Waals surface area contributed by atoms with Gasteiger partial charge < -0.3 is 9.67 Å². The molecule has 0 fully saturated rings. The maximum atomic E-state index is 10.5. The first kappa shape index (κ1) is 13.4. The van der Waals surface area contributed by atoms with Gasteiger partial charge in [0.2, 0.25) is 5.16 Å². The number of rotatable bonds is 5. The Morgan fingerprint density at radius 3 is 2.81 bits per heavy atom. The van der Waals surface area contributed by atoms with Gasteiger partial charge in [0, 0.05) is 23.6 Å². The summed E-state index contributed by atoms with van der Waals surface area (Å²) in [5, 5.41) is 15.8. The molecule has 0 bridgehead atoms. The van der Waals surface area contributed by atoms with Gasteiger partial charge in [-0.1, -0.05) is 11.8 Å². The van der Waals surface area contributed by atoms with Crippen molar-refractivity contribution in [2.75, 3.05) is 5.75 Å². The van der Waals surface area contributed by atoms with Crippen molar-refractivity contribution in [3.63, 3.8) is 0 Å². The van der Waals surface area contributed by atoms with E-state index in [1.807, 2.05) is 35.0 Å². The van der Waals surface area contributed by atoms with Crippen LogP contribution in [0.15, 0.2) is 48.1 Å². The normalized spacial score (nSPS) is 10.7. The van der Waals surface area contributed by atoms with Crippen molar-refractivity contribution in [3.8, 4) is 17.1 Å². The van der Waals surface area contributed by atoms with E-state index in [0.717, 1.165) is 23.0 Å². The molecule has 2 aromatic heterocycles. The Balaban J connectivity index is 1.76. The Hall–Kier alpha value is -2.61. The van der Waals surface area contributed by atoms with Crippen LogP contribution in [0.1, 0.15) is 0 Å². The van der Waals surface area contributed by atoms with Gasteiger partial charge in [-0.05, 0) is 24.3 Å². The number of benzene rings is 1. The molecule has 1 aromatic carbocycles. The van der Waals surface area contributed by atoms with Crippen LogP contribution in [0.2, 0.25) is 0 Å². The molecule has 8 heteroatoms. The molecular weight excluding hydrogens is 290 g/mol. The predicted octanol–water partition coefficient (Wildman–Crippen LogP) is 1.83. The van der Waals surface area contributed by atoms with Crippen molar-refractivity contribution in [1.29, 1.82) is 0 Å². The Bertz CT molecular complexity index is 736. The largest absolute Gasteiger partial charge is 0.481 e. The summed E-state index contributed by atoms with van der Waals surface area (Å²) in [6, 6.07) is 7.73. The smallest absolute Gasteiger partial charge is 0.313 e. The molecule has 0 aliphatic heterocycles. The first-order valence-electron chi connectivity index (χ1n) is 6.08. The van der Waals surface area contributed by atoms with Crippen molar-refractivity contribution >= 4 is 17.7 Å².